The standard InChI is InChI=1S/C15H28B3N2O4P/c1-11(2)20(12(3)4)25(22-8-6-7-19)24-13-9-15(18(16)17)23-14(13)10-21-5/h11-15H,6,8-10H2,1-5H3/t13?,14-,15-,25?/m1/s1. The van der Waals surface area contributed by atoms with Crippen LogP contribution in [0.2, 0.25) is 0 Å². The van der Waals surface area contributed by atoms with E-state index in [1.165, 1.54) is 0 Å². The minimum atomic E-state index is -1.34. The molecular weight excluding hydrogens is 336 g/mol. The van der Waals surface area contributed by atoms with Crippen molar-refractivity contribution in [1.29, 1.82) is 5.26 Å². The zero-order valence-electron chi connectivity index (χ0n) is 15.9. The van der Waals surface area contributed by atoms with Crippen LogP contribution in [0.25, 0.3) is 0 Å². The molecule has 0 saturated carbocycles. The number of methoxy groups -OCH3 is 1. The second-order valence-corrected chi connectivity index (χ2v) is 8.08. The van der Waals surface area contributed by atoms with Crippen molar-refractivity contribution >= 4 is 30.5 Å². The summed E-state index contributed by atoms with van der Waals surface area (Å²) in [7, 11) is 11.9. The molecule has 6 nitrogen and oxygen atoms in total. The summed E-state index contributed by atoms with van der Waals surface area (Å²) < 4.78 is 25.6. The Balaban J connectivity index is 2.87. The van der Waals surface area contributed by atoms with Crippen LogP contribution in [-0.2, 0) is 18.5 Å². The Morgan fingerprint density at radius 2 is 1.96 bits per heavy atom. The summed E-state index contributed by atoms with van der Waals surface area (Å²) in [5.74, 6) is 0. The summed E-state index contributed by atoms with van der Waals surface area (Å²) in [6.07, 6.45) is 0.463. The summed E-state index contributed by atoms with van der Waals surface area (Å²) in [6, 6.07) is 2.31. The van der Waals surface area contributed by atoms with Gasteiger partial charge in [0.2, 0.25) is 0 Å². The first kappa shape index (κ1) is 23.0. The van der Waals surface area contributed by atoms with Crippen molar-refractivity contribution in [1.82, 2.24) is 4.67 Å². The van der Waals surface area contributed by atoms with Crippen LogP contribution in [0, 0.1) is 11.3 Å². The van der Waals surface area contributed by atoms with Gasteiger partial charge in [-0.15, -0.1) is 0 Å². The molecule has 136 valence electrons. The van der Waals surface area contributed by atoms with Crippen molar-refractivity contribution in [3.05, 3.63) is 0 Å². The van der Waals surface area contributed by atoms with E-state index in [2.05, 4.69) is 38.4 Å². The van der Waals surface area contributed by atoms with Crippen LogP contribution in [0.4, 0.5) is 0 Å². The lowest BCUT2D eigenvalue weighted by Gasteiger charge is -2.37. The Labute approximate surface area is 156 Å². The molecule has 4 atom stereocenters. The maximum atomic E-state index is 8.79. The van der Waals surface area contributed by atoms with Crippen molar-refractivity contribution in [2.75, 3.05) is 20.3 Å². The lowest BCUT2D eigenvalue weighted by atomic mass is 9.16. The molecule has 4 radical (unpaired) electrons. The first-order chi connectivity index (χ1) is 11.8. The molecule has 0 aromatic rings. The van der Waals surface area contributed by atoms with Crippen LogP contribution in [0.15, 0.2) is 0 Å². The van der Waals surface area contributed by atoms with Crippen LogP contribution >= 0.6 is 8.53 Å². The minimum absolute atomic E-state index is 0.215. The van der Waals surface area contributed by atoms with E-state index in [9.17, 15) is 0 Å². The quantitative estimate of drug-likeness (QED) is 0.317. The molecule has 1 fully saturated rings. The molecular formula is C15H28B3N2O4P. The zero-order chi connectivity index (χ0) is 19.0. The van der Waals surface area contributed by atoms with E-state index in [1.54, 1.807) is 7.11 Å². The van der Waals surface area contributed by atoms with Gasteiger partial charge in [0.25, 0.3) is 8.53 Å². The fraction of sp³-hybridized carbons (Fsp3) is 0.933. The van der Waals surface area contributed by atoms with Gasteiger partial charge in [-0.2, -0.15) is 5.26 Å². The van der Waals surface area contributed by atoms with Crippen molar-refractivity contribution in [2.45, 2.75) is 70.8 Å². The molecule has 1 aliphatic rings. The third kappa shape index (κ3) is 7.21. The lowest BCUT2D eigenvalue weighted by molar-refractivity contribution is -0.0150. The van der Waals surface area contributed by atoms with Gasteiger partial charge in [0.1, 0.15) is 6.10 Å². The Morgan fingerprint density at radius 3 is 2.44 bits per heavy atom. The average Bonchev–Trinajstić information content (AvgIpc) is 2.90. The topological polar surface area (TPSA) is 64.0 Å². The molecule has 1 saturated heterocycles. The van der Waals surface area contributed by atoms with Gasteiger partial charge in [-0.05, 0) is 34.1 Å². The first-order valence-electron chi connectivity index (χ1n) is 8.72. The Hall–Kier alpha value is -0.0852. The fourth-order valence-electron chi connectivity index (χ4n) is 2.83. The highest BCUT2D eigenvalue weighted by molar-refractivity contribution is 7.44. The van der Waals surface area contributed by atoms with Gasteiger partial charge in [0.05, 0.1) is 38.3 Å². The van der Waals surface area contributed by atoms with Gasteiger partial charge in [0.15, 0.2) is 0 Å². The third-order valence-electron chi connectivity index (χ3n) is 3.88. The second kappa shape index (κ2) is 11.6. The zero-order valence-corrected chi connectivity index (χ0v) is 16.8. The second-order valence-electron chi connectivity index (χ2n) is 6.67. The Bertz CT molecular complexity index is 418. The first-order valence-corrected chi connectivity index (χ1v) is 9.85. The number of hydrogen-bond acceptors (Lipinski definition) is 6. The Kier molecular flexibility index (Phi) is 10.6. The van der Waals surface area contributed by atoms with Crippen LogP contribution < -0.4 is 0 Å². The largest absolute Gasteiger partial charge is 0.382 e. The molecule has 0 bridgehead atoms. The summed E-state index contributed by atoms with van der Waals surface area (Å²) in [5, 5.41) is 8.79. The van der Waals surface area contributed by atoms with E-state index in [-0.39, 0.29) is 30.3 Å². The highest BCUT2D eigenvalue weighted by Crippen LogP contribution is 2.49. The molecule has 0 aromatic carbocycles. The number of hydrogen-bond donors (Lipinski definition) is 0. The van der Waals surface area contributed by atoms with E-state index in [0.717, 1.165) is 0 Å². The minimum Gasteiger partial charge on any atom is -0.382 e. The van der Waals surface area contributed by atoms with E-state index < -0.39 is 15.0 Å². The summed E-state index contributed by atoms with van der Waals surface area (Å²) in [5.41, 5.74) is 0. The van der Waals surface area contributed by atoms with Crippen molar-refractivity contribution in [2.24, 2.45) is 0 Å². The fourth-order valence-corrected chi connectivity index (χ4v) is 4.59. The van der Waals surface area contributed by atoms with Gasteiger partial charge in [0, 0.05) is 40.7 Å². The molecule has 0 aromatic heterocycles. The van der Waals surface area contributed by atoms with E-state index in [4.69, 9.17) is 39.3 Å². The van der Waals surface area contributed by atoms with E-state index in [0.29, 0.717) is 26.1 Å². The molecule has 0 N–H and O–H groups in total. The van der Waals surface area contributed by atoms with Crippen molar-refractivity contribution in [3.8, 4) is 6.07 Å². The van der Waals surface area contributed by atoms with E-state index >= 15 is 0 Å². The number of rotatable bonds is 11. The van der Waals surface area contributed by atoms with Crippen molar-refractivity contribution in [3.63, 3.8) is 0 Å². The van der Waals surface area contributed by atoms with Gasteiger partial charge in [-0.1, -0.05) is 0 Å². The average molecular weight is 364 g/mol. The molecule has 2 unspecified atom stereocenters. The summed E-state index contributed by atoms with van der Waals surface area (Å²) in [4.78, 5) is 0. The molecule has 10 heteroatoms. The highest BCUT2D eigenvalue weighted by Gasteiger charge is 2.41. The molecule has 1 aliphatic heterocycles. The molecule has 1 heterocycles. The molecule has 0 amide bonds. The van der Waals surface area contributed by atoms with Gasteiger partial charge in [-0.25, -0.2) is 4.67 Å². The highest BCUT2D eigenvalue weighted by atomic mass is 31.2. The number of nitrogens with zero attached hydrogens (tertiary/aromatic N) is 2. The third-order valence-corrected chi connectivity index (χ3v) is 6.03. The van der Waals surface area contributed by atoms with Gasteiger partial charge in [-0.3, -0.25) is 0 Å². The number of ether oxygens (including phenoxy) is 2. The van der Waals surface area contributed by atoms with Crippen molar-refractivity contribution < 1.29 is 18.5 Å². The van der Waals surface area contributed by atoms with Crippen LogP contribution in [0.5, 0.6) is 0 Å². The maximum Gasteiger partial charge on any atom is 0.259 e. The van der Waals surface area contributed by atoms with E-state index in [1.807, 2.05) is 0 Å². The monoisotopic (exact) mass is 364 g/mol. The summed E-state index contributed by atoms with van der Waals surface area (Å²) >= 11 is 0. The summed E-state index contributed by atoms with van der Waals surface area (Å²) in [6.45, 7) is 8.57. The Morgan fingerprint density at radius 1 is 1.32 bits per heavy atom. The molecule has 0 aliphatic carbocycles. The molecule has 1 rings (SSSR count). The predicted molar refractivity (Wildman–Crippen MR) is 103 cm³/mol. The van der Waals surface area contributed by atoms with Crippen LogP contribution in [-0.4, -0.2) is 77.3 Å². The van der Waals surface area contributed by atoms with Gasteiger partial charge < -0.3 is 18.5 Å². The van der Waals surface area contributed by atoms with Crippen LogP contribution in [0.1, 0.15) is 40.5 Å². The van der Waals surface area contributed by atoms with Gasteiger partial charge >= 0.3 is 0 Å². The normalized spacial score (nSPS) is 24.8. The predicted octanol–water partition coefficient (Wildman–Crippen LogP) is 1.82. The molecule has 0 spiro atoms. The SMILES string of the molecule is [B]B([B])[C@H]1CC(OP(OCCC#N)N(C(C)C)C(C)C)[C@@H](COC)O1. The maximum absolute atomic E-state index is 8.79. The number of nitriles is 1. The lowest BCUT2D eigenvalue weighted by Crippen LogP contribution is -2.36. The van der Waals surface area contributed by atoms with Crippen LogP contribution in [0.3, 0.4) is 0 Å². The molecule has 25 heavy (non-hydrogen) atoms. The smallest absolute Gasteiger partial charge is 0.259 e.